The van der Waals surface area contributed by atoms with Crippen LogP contribution in [0.3, 0.4) is 0 Å². The molecule has 1 atom stereocenters. The minimum absolute atomic E-state index is 0.238. The molecule has 0 unspecified atom stereocenters. The first kappa shape index (κ1) is 11.1. The van der Waals surface area contributed by atoms with Gasteiger partial charge in [-0.1, -0.05) is 6.42 Å². The van der Waals surface area contributed by atoms with Gasteiger partial charge in [-0.05, 0) is 25.7 Å². The number of hydrogen-bond acceptors (Lipinski definition) is 3. The smallest absolute Gasteiger partial charge is 0.168 e. The van der Waals surface area contributed by atoms with Crippen LogP contribution in [0.25, 0.3) is 0 Å². The molecule has 1 saturated carbocycles. The predicted octanol–water partition coefficient (Wildman–Crippen LogP) is 2.43. The van der Waals surface area contributed by atoms with Crippen molar-refractivity contribution in [3.05, 3.63) is 0 Å². The molecule has 0 radical (unpaired) electrons. The lowest BCUT2D eigenvalue weighted by Crippen LogP contribution is -2.46. The normalized spacial score (nSPS) is 30.3. The molecule has 2 fully saturated rings. The van der Waals surface area contributed by atoms with Crippen LogP contribution < -0.4 is 0 Å². The van der Waals surface area contributed by atoms with E-state index >= 15 is 0 Å². The van der Waals surface area contributed by atoms with Crippen LogP contribution in [0.5, 0.6) is 0 Å². The molecule has 1 saturated heterocycles. The van der Waals surface area contributed by atoms with Crippen molar-refractivity contribution in [3.8, 4) is 0 Å². The number of ether oxygens (including phenoxy) is 2. The first-order valence-electron chi connectivity index (χ1n) is 6.10. The Bertz CT molecular complexity index is 203. The third-order valence-electron chi connectivity index (χ3n) is 3.41. The molecular weight excluding hydrogens is 192 g/mol. The van der Waals surface area contributed by atoms with Crippen LogP contribution in [-0.2, 0) is 14.3 Å². The largest absolute Gasteiger partial charge is 0.350 e. The molecule has 0 N–H and O–H groups in total. The summed E-state index contributed by atoms with van der Waals surface area (Å²) in [5, 5.41) is 0. The summed E-state index contributed by atoms with van der Waals surface area (Å²) in [5.74, 6) is -0.288. The van der Waals surface area contributed by atoms with Gasteiger partial charge in [-0.2, -0.15) is 0 Å². The van der Waals surface area contributed by atoms with E-state index < -0.39 is 0 Å². The van der Waals surface area contributed by atoms with Gasteiger partial charge in [0.15, 0.2) is 5.79 Å². The predicted molar refractivity (Wildman–Crippen MR) is 56.6 cm³/mol. The maximum atomic E-state index is 10.3. The molecule has 1 aliphatic heterocycles. The first-order chi connectivity index (χ1) is 7.35. The molecule has 1 heterocycles. The molecule has 0 bridgehead atoms. The van der Waals surface area contributed by atoms with Crippen molar-refractivity contribution in [3.63, 3.8) is 0 Å². The molecule has 3 nitrogen and oxygen atoms in total. The number of rotatable bonds is 3. The van der Waals surface area contributed by atoms with E-state index in [2.05, 4.69) is 0 Å². The molecule has 0 aromatic heterocycles. The van der Waals surface area contributed by atoms with Crippen molar-refractivity contribution < 1.29 is 14.3 Å². The molecular formula is C12H20O3. The van der Waals surface area contributed by atoms with Crippen molar-refractivity contribution in [2.45, 2.75) is 63.3 Å². The molecule has 1 spiro atoms. The maximum Gasteiger partial charge on any atom is 0.168 e. The molecule has 0 amide bonds. The molecule has 15 heavy (non-hydrogen) atoms. The fourth-order valence-electron chi connectivity index (χ4n) is 2.58. The summed E-state index contributed by atoms with van der Waals surface area (Å²) in [6, 6.07) is 0. The van der Waals surface area contributed by atoms with E-state index in [1.165, 1.54) is 19.3 Å². The zero-order chi connectivity index (χ0) is 10.6. The Balaban J connectivity index is 1.87. The van der Waals surface area contributed by atoms with Crippen molar-refractivity contribution in [1.29, 1.82) is 0 Å². The Kier molecular flexibility index (Phi) is 3.76. The quantitative estimate of drug-likeness (QED) is 0.674. The minimum atomic E-state index is -0.288. The zero-order valence-electron chi connectivity index (χ0n) is 9.24. The minimum Gasteiger partial charge on any atom is -0.350 e. The topological polar surface area (TPSA) is 35.5 Å². The van der Waals surface area contributed by atoms with Crippen LogP contribution in [0.15, 0.2) is 0 Å². The highest BCUT2D eigenvalue weighted by atomic mass is 16.7. The van der Waals surface area contributed by atoms with E-state index in [4.69, 9.17) is 9.47 Å². The van der Waals surface area contributed by atoms with Gasteiger partial charge in [0.1, 0.15) is 6.29 Å². The lowest BCUT2D eigenvalue weighted by molar-refractivity contribution is -0.305. The second kappa shape index (κ2) is 5.08. The standard InChI is InChI=1S/C12H20O3/c13-9-4-5-11-6-10-14-12(15-11)7-2-1-3-8-12/h9,11H,1-8,10H2/t11-/m0/s1. The van der Waals surface area contributed by atoms with Gasteiger partial charge in [0.2, 0.25) is 0 Å². The van der Waals surface area contributed by atoms with E-state index in [0.717, 1.165) is 38.6 Å². The van der Waals surface area contributed by atoms with Crippen LogP contribution in [0.1, 0.15) is 51.4 Å². The number of carbonyl (C=O) groups is 1. The van der Waals surface area contributed by atoms with Gasteiger partial charge in [0.25, 0.3) is 0 Å². The number of aldehydes is 1. The second-order valence-corrected chi connectivity index (χ2v) is 4.59. The lowest BCUT2D eigenvalue weighted by Gasteiger charge is -2.43. The van der Waals surface area contributed by atoms with Gasteiger partial charge in [0, 0.05) is 19.3 Å². The van der Waals surface area contributed by atoms with Gasteiger partial charge in [-0.3, -0.25) is 0 Å². The Morgan fingerprint density at radius 2 is 2.07 bits per heavy atom. The van der Waals surface area contributed by atoms with Gasteiger partial charge in [-0.25, -0.2) is 0 Å². The van der Waals surface area contributed by atoms with Crippen molar-refractivity contribution in [2.75, 3.05) is 6.61 Å². The van der Waals surface area contributed by atoms with Crippen molar-refractivity contribution in [1.82, 2.24) is 0 Å². The van der Waals surface area contributed by atoms with Crippen LogP contribution in [-0.4, -0.2) is 24.8 Å². The van der Waals surface area contributed by atoms with E-state index in [-0.39, 0.29) is 11.9 Å². The highest BCUT2D eigenvalue weighted by Crippen LogP contribution is 2.37. The van der Waals surface area contributed by atoms with E-state index in [0.29, 0.717) is 6.42 Å². The van der Waals surface area contributed by atoms with Gasteiger partial charge in [-0.15, -0.1) is 0 Å². The molecule has 1 aliphatic carbocycles. The van der Waals surface area contributed by atoms with Gasteiger partial charge >= 0.3 is 0 Å². The fourth-order valence-corrected chi connectivity index (χ4v) is 2.58. The Hall–Kier alpha value is -0.410. The third kappa shape index (κ3) is 2.79. The van der Waals surface area contributed by atoms with E-state index in [1.807, 2.05) is 0 Å². The summed E-state index contributed by atoms with van der Waals surface area (Å²) in [6.07, 6.45) is 9.41. The fraction of sp³-hybridized carbons (Fsp3) is 0.917. The van der Waals surface area contributed by atoms with Gasteiger partial charge in [0.05, 0.1) is 12.7 Å². The average molecular weight is 212 g/mol. The van der Waals surface area contributed by atoms with Gasteiger partial charge < -0.3 is 14.3 Å². The SMILES string of the molecule is O=CCC[C@H]1CCOC2(CCCCC2)O1. The Morgan fingerprint density at radius 1 is 1.27 bits per heavy atom. The molecule has 0 aromatic carbocycles. The monoisotopic (exact) mass is 212 g/mol. The first-order valence-corrected chi connectivity index (χ1v) is 6.10. The van der Waals surface area contributed by atoms with Crippen LogP contribution in [0.4, 0.5) is 0 Å². The highest BCUT2D eigenvalue weighted by Gasteiger charge is 2.39. The molecule has 86 valence electrons. The Morgan fingerprint density at radius 3 is 2.80 bits per heavy atom. The molecule has 2 aliphatic rings. The Labute approximate surface area is 91.1 Å². The molecule has 0 aromatic rings. The summed E-state index contributed by atoms with van der Waals surface area (Å²) in [6.45, 7) is 0.795. The highest BCUT2D eigenvalue weighted by molar-refractivity contribution is 5.49. The van der Waals surface area contributed by atoms with E-state index in [1.54, 1.807) is 0 Å². The molecule has 3 heteroatoms. The summed E-state index contributed by atoms with van der Waals surface area (Å²) in [7, 11) is 0. The summed E-state index contributed by atoms with van der Waals surface area (Å²) >= 11 is 0. The number of carbonyl (C=O) groups excluding carboxylic acids is 1. The average Bonchev–Trinajstić information content (AvgIpc) is 2.28. The summed E-state index contributed by atoms with van der Waals surface area (Å²) < 4.78 is 11.8. The van der Waals surface area contributed by atoms with Crippen LogP contribution in [0.2, 0.25) is 0 Å². The van der Waals surface area contributed by atoms with Crippen LogP contribution >= 0.6 is 0 Å². The lowest BCUT2D eigenvalue weighted by atomic mass is 9.92. The van der Waals surface area contributed by atoms with Crippen molar-refractivity contribution in [2.24, 2.45) is 0 Å². The molecule has 2 rings (SSSR count). The maximum absolute atomic E-state index is 10.3. The zero-order valence-corrected chi connectivity index (χ0v) is 9.24. The third-order valence-corrected chi connectivity index (χ3v) is 3.41. The second-order valence-electron chi connectivity index (χ2n) is 4.59. The van der Waals surface area contributed by atoms with Crippen molar-refractivity contribution >= 4 is 6.29 Å². The van der Waals surface area contributed by atoms with E-state index in [9.17, 15) is 4.79 Å². The summed E-state index contributed by atoms with van der Waals surface area (Å²) in [5.41, 5.74) is 0. The summed E-state index contributed by atoms with van der Waals surface area (Å²) in [4.78, 5) is 10.3. The van der Waals surface area contributed by atoms with Crippen LogP contribution in [0, 0.1) is 0 Å². The number of hydrogen-bond donors (Lipinski definition) is 0.